The van der Waals surface area contributed by atoms with Gasteiger partial charge in [-0.05, 0) is 42.0 Å². The predicted molar refractivity (Wildman–Crippen MR) is 92.6 cm³/mol. The Kier molecular flexibility index (Phi) is 3.75. The molecular weight excluding hydrogens is 350 g/mol. The Bertz CT molecular complexity index is 934. The average molecular weight is 361 g/mol. The summed E-state index contributed by atoms with van der Waals surface area (Å²) < 4.78 is 14.9. The van der Waals surface area contributed by atoms with Gasteiger partial charge >= 0.3 is 0 Å². The van der Waals surface area contributed by atoms with E-state index in [9.17, 15) is 4.39 Å². The molecule has 3 aromatic rings. The molecule has 7 heteroatoms. The van der Waals surface area contributed by atoms with Crippen LogP contribution in [0.4, 0.5) is 10.3 Å². The van der Waals surface area contributed by atoms with Crippen LogP contribution in [0.25, 0.3) is 5.70 Å². The molecule has 1 aliphatic heterocycles. The number of aromatic nitrogens is 3. The Morgan fingerprint density at radius 1 is 1.08 bits per heavy atom. The number of fused-ring (bicyclic) bond motifs is 1. The lowest BCUT2D eigenvalue weighted by atomic mass is 10.0. The van der Waals surface area contributed by atoms with Crippen molar-refractivity contribution in [1.29, 1.82) is 0 Å². The van der Waals surface area contributed by atoms with Gasteiger partial charge in [0.15, 0.2) is 0 Å². The van der Waals surface area contributed by atoms with Crippen LogP contribution in [-0.2, 0) is 0 Å². The highest BCUT2D eigenvalue weighted by Crippen LogP contribution is 2.37. The fourth-order valence-corrected chi connectivity index (χ4v) is 3.12. The van der Waals surface area contributed by atoms with Crippen LogP contribution in [0.3, 0.4) is 0 Å². The number of allylic oxidation sites excluding steroid dienone is 1. The van der Waals surface area contributed by atoms with Gasteiger partial charge in [0.1, 0.15) is 18.2 Å². The highest BCUT2D eigenvalue weighted by atomic mass is 35.5. The molecule has 0 aliphatic carbocycles. The minimum atomic E-state index is -0.284. The molecule has 24 heavy (non-hydrogen) atoms. The fraction of sp³-hybridized carbons (Fsp3) is 0.0588. The smallest absolute Gasteiger partial charge is 0.226 e. The summed E-state index contributed by atoms with van der Waals surface area (Å²) in [6.45, 7) is 0. The van der Waals surface area contributed by atoms with E-state index in [0.29, 0.717) is 16.0 Å². The molecule has 1 aliphatic rings. The largest absolute Gasteiger partial charge is 0.324 e. The molecular formula is C17H11Cl2FN4. The van der Waals surface area contributed by atoms with E-state index in [1.165, 1.54) is 18.5 Å². The van der Waals surface area contributed by atoms with Crippen molar-refractivity contribution >= 4 is 34.8 Å². The van der Waals surface area contributed by atoms with E-state index in [1.54, 1.807) is 22.9 Å². The van der Waals surface area contributed by atoms with E-state index in [-0.39, 0.29) is 11.9 Å². The summed E-state index contributed by atoms with van der Waals surface area (Å²) in [5.74, 6) is 0.297. The molecule has 1 aromatic heterocycles. The predicted octanol–water partition coefficient (Wildman–Crippen LogP) is 4.78. The van der Waals surface area contributed by atoms with Gasteiger partial charge in [-0.2, -0.15) is 10.1 Å². The molecule has 0 radical (unpaired) electrons. The Balaban J connectivity index is 1.85. The van der Waals surface area contributed by atoms with Gasteiger partial charge in [0.2, 0.25) is 5.95 Å². The molecule has 120 valence electrons. The molecule has 2 heterocycles. The molecule has 0 amide bonds. The van der Waals surface area contributed by atoms with Gasteiger partial charge in [-0.25, -0.2) is 9.07 Å². The van der Waals surface area contributed by atoms with E-state index in [1.807, 2.05) is 18.2 Å². The van der Waals surface area contributed by atoms with E-state index < -0.39 is 0 Å². The van der Waals surface area contributed by atoms with Gasteiger partial charge in [0, 0.05) is 11.3 Å². The molecule has 4 nitrogen and oxygen atoms in total. The average Bonchev–Trinajstić information content (AvgIpc) is 3.06. The lowest BCUT2D eigenvalue weighted by molar-refractivity contribution is 0.612. The van der Waals surface area contributed by atoms with Gasteiger partial charge in [-0.1, -0.05) is 35.3 Å². The molecule has 4 rings (SSSR count). The molecule has 0 saturated carbocycles. The highest BCUT2D eigenvalue weighted by molar-refractivity contribution is 6.42. The zero-order valence-corrected chi connectivity index (χ0v) is 13.8. The topological polar surface area (TPSA) is 42.7 Å². The second-order valence-corrected chi connectivity index (χ2v) is 6.11. The third-order valence-electron chi connectivity index (χ3n) is 3.86. The van der Waals surface area contributed by atoms with Crippen LogP contribution in [0.1, 0.15) is 17.2 Å². The van der Waals surface area contributed by atoms with Gasteiger partial charge in [-0.3, -0.25) is 0 Å². The standard InChI is InChI=1S/C17H11Cl2FN4/c18-13-3-1-2-12(16(13)19)15-8-14(10-4-6-11(20)7-5-10)23-17-21-9-22-24(15)17/h1-9,15H,(H,21,22,23)/t15-/m0/s1. The SMILES string of the molecule is Fc1ccc(C2=C[C@@H](c3cccc(Cl)c3Cl)n3ncnc3N2)cc1. The molecule has 0 saturated heterocycles. The summed E-state index contributed by atoms with van der Waals surface area (Å²) >= 11 is 12.5. The van der Waals surface area contributed by atoms with Crippen molar-refractivity contribution in [1.82, 2.24) is 14.8 Å². The first-order valence-electron chi connectivity index (χ1n) is 7.21. The zero-order chi connectivity index (χ0) is 16.7. The first kappa shape index (κ1) is 15.2. The third kappa shape index (κ3) is 2.56. The first-order chi connectivity index (χ1) is 11.6. The number of benzene rings is 2. The van der Waals surface area contributed by atoms with Crippen LogP contribution < -0.4 is 5.32 Å². The number of hydrogen-bond acceptors (Lipinski definition) is 3. The Morgan fingerprint density at radius 2 is 1.88 bits per heavy atom. The van der Waals surface area contributed by atoms with E-state index in [4.69, 9.17) is 23.2 Å². The fourth-order valence-electron chi connectivity index (χ4n) is 2.70. The highest BCUT2D eigenvalue weighted by Gasteiger charge is 2.25. The Hall–Kier alpha value is -2.37. The molecule has 0 fully saturated rings. The van der Waals surface area contributed by atoms with Gasteiger partial charge in [-0.15, -0.1) is 0 Å². The summed E-state index contributed by atoms with van der Waals surface area (Å²) in [4.78, 5) is 4.23. The Morgan fingerprint density at radius 3 is 2.67 bits per heavy atom. The number of halogens is 3. The minimum absolute atomic E-state index is 0.269. The van der Waals surface area contributed by atoms with Crippen LogP contribution in [0.5, 0.6) is 0 Å². The van der Waals surface area contributed by atoms with Crippen LogP contribution in [0, 0.1) is 5.82 Å². The maximum Gasteiger partial charge on any atom is 0.226 e. The number of hydrogen-bond donors (Lipinski definition) is 1. The number of nitrogens with one attached hydrogen (secondary N) is 1. The quantitative estimate of drug-likeness (QED) is 0.714. The molecule has 1 atom stereocenters. The molecule has 2 aromatic carbocycles. The molecule has 0 unspecified atom stereocenters. The van der Waals surface area contributed by atoms with Crippen LogP contribution >= 0.6 is 23.2 Å². The number of nitrogens with zero attached hydrogens (tertiary/aromatic N) is 3. The van der Waals surface area contributed by atoms with Gasteiger partial charge < -0.3 is 5.32 Å². The monoisotopic (exact) mass is 360 g/mol. The van der Waals surface area contributed by atoms with Gasteiger partial charge in [0.25, 0.3) is 0 Å². The first-order valence-corrected chi connectivity index (χ1v) is 7.97. The molecule has 0 spiro atoms. The van der Waals surface area contributed by atoms with Crippen LogP contribution in [0.2, 0.25) is 10.0 Å². The summed E-state index contributed by atoms with van der Waals surface area (Å²) in [7, 11) is 0. The second kappa shape index (κ2) is 5.92. The number of anilines is 1. The lowest BCUT2D eigenvalue weighted by Gasteiger charge is -2.25. The van der Waals surface area contributed by atoms with Crippen molar-refractivity contribution < 1.29 is 4.39 Å². The van der Waals surface area contributed by atoms with Crippen molar-refractivity contribution in [3.8, 4) is 0 Å². The third-order valence-corrected chi connectivity index (χ3v) is 4.70. The second-order valence-electron chi connectivity index (χ2n) is 5.33. The van der Waals surface area contributed by atoms with Crippen molar-refractivity contribution in [2.45, 2.75) is 6.04 Å². The zero-order valence-electron chi connectivity index (χ0n) is 12.2. The number of rotatable bonds is 2. The maximum absolute atomic E-state index is 13.2. The van der Waals surface area contributed by atoms with Crippen molar-refractivity contribution in [2.24, 2.45) is 0 Å². The summed E-state index contributed by atoms with van der Waals surface area (Å²) in [6.07, 6.45) is 3.43. The maximum atomic E-state index is 13.2. The summed E-state index contributed by atoms with van der Waals surface area (Å²) in [5.41, 5.74) is 2.46. The lowest BCUT2D eigenvalue weighted by Crippen LogP contribution is -2.20. The minimum Gasteiger partial charge on any atom is -0.324 e. The van der Waals surface area contributed by atoms with Crippen molar-refractivity contribution in [3.05, 3.63) is 81.9 Å². The van der Waals surface area contributed by atoms with E-state index in [0.717, 1.165) is 16.8 Å². The van der Waals surface area contributed by atoms with Crippen LogP contribution in [-0.4, -0.2) is 14.8 Å². The van der Waals surface area contributed by atoms with E-state index in [2.05, 4.69) is 15.4 Å². The van der Waals surface area contributed by atoms with Gasteiger partial charge in [0.05, 0.1) is 10.0 Å². The normalized spacial score (nSPS) is 16.3. The summed E-state index contributed by atoms with van der Waals surface area (Å²) in [6, 6.07) is 11.4. The molecule has 0 bridgehead atoms. The molecule has 1 N–H and O–H groups in total. The van der Waals surface area contributed by atoms with Crippen LogP contribution in [0.15, 0.2) is 54.9 Å². The summed E-state index contributed by atoms with van der Waals surface area (Å²) in [5, 5.41) is 8.41. The van der Waals surface area contributed by atoms with Crippen molar-refractivity contribution in [2.75, 3.05) is 5.32 Å². The Labute approximate surface area is 147 Å². The van der Waals surface area contributed by atoms with E-state index >= 15 is 0 Å². The van der Waals surface area contributed by atoms with Crippen molar-refractivity contribution in [3.63, 3.8) is 0 Å².